The normalized spacial score (nSPS) is 11.8. The van der Waals surface area contributed by atoms with Crippen LogP contribution in [0.3, 0.4) is 0 Å². The summed E-state index contributed by atoms with van der Waals surface area (Å²) in [5.74, 6) is -10.2. The number of hydrogen-bond donors (Lipinski definition) is 1. The van der Waals surface area contributed by atoms with Crippen LogP contribution in [0.5, 0.6) is 28.9 Å². The van der Waals surface area contributed by atoms with E-state index in [9.17, 15) is 58.3 Å². The minimum atomic E-state index is -5.10. The predicted octanol–water partition coefficient (Wildman–Crippen LogP) is 8.36. The molecule has 0 radical (unpaired) electrons. The summed E-state index contributed by atoms with van der Waals surface area (Å²) < 4.78 is 152. The van der Waals surface area contributed by atoms with Gasteiger partial charge in [-0.15, -0.1) is 10.2 Å². The van der Waals surface area contributed by atoms with Crippen molar-refractivity contribution >= 4 is 23.2 Å². The van der Waals surface area contributed by atoms with Crippen LogP contribution >= 0.6 is 23.2 Å². The zero-order valence-electron chi connectivity index (χ0n) is 33.7. The van der Waals surface area contributed by atoms with Crippen LogP contribution in [0, 0.1) is 22.7 Å². The first-order chi connectivity index (χ1) is 31.1. The molecule has 6 rings (SSSR count). The lowest BCUT2D eigenvalue weighted by Crippen LogP contribution is -2.29. The van der Waals surface area contributed by atoms with E-state index in [1.165, 1.54) is 19.2 Å². The lowest BCUT2D eigenvalue weighted by Gasteiger charge is -2.16. The number of aromatic nitrogens is 8. The predicted molar refractivity (Wildman–Crippen MR) is 210 cm³/mol. The lowest BCUT2D eigenvalue weighted by molar-refractivity contribution is -0.143. The minimum Gasteiger partial charge on any atom is -0.480 e. The molecule has 4 aromatic heterocycles. The Hall–Kier alpha value is -7.58. The van der Waals surface area contributed by atoms with Crippen LogP contribution in [0.1, 0.15) is 58.9 Å². The fourth-order valence-electron chi connectivity index (χ4n) is 5.44. The van der Waals surface area contributed by atoms with E-state index < -0.39 is 88.2 Å². The van der Waals surface area contributed by atoms with Crippen LogP contribution in [0.25, 0.3) is 0 Å². The SMILES string of the molecule is CC(F)(F)c1cc(Cn2cnc(C(F)(F)F)c(Oc3cc(Cl)cc(C#N)c3)c2=O)c(=O)[nH]n1.COc1nnc(C(C)(F)F)cc1Cn1cnc(C(F)(F)F)c(Oc2cc(Cl)cc(C#N)c2)c1=O. The number of alkyl halides is 10. The van der Waals surface area contributed by atoms with Crippen LogP contribution in [-0.2, 0) is 37.3 Å². The van der Waals surface area contributed by atoms with Gasteiger partial charge in [0.15, 0.2) is 11.4 Å². The van der Waals surface area contributed by atoms with Crippen molar-refractivity contribution in [1.29, 1.82) is 10.5 Å². The Labute approximate surface area is 377 Å². The highest BCUT2D eigenvalue weighted by atomic mass is 35.5. The van der Waals surface area contributed by atoms with Crippen molar-refractivity contribution in [3.05, 3.63) is 147 Å². The molecule has 0 aliphatic rings. The van der Waals surface area contributed by atoms with Gasteiger partial charge in [-0.05, 0) is 48.5 Å². The Morgan fingerprint density at radius 3 is 1.48 bits per heavy atom. The Morgan fingerprint density at radius 1 is 0.642 bits per heavy atom. The second-order valence-electron chi connectivity index (χ2n) is 13.6. The molecule has 28 heteroatoms. The number of nitrogens with zero attached hydrogens (tertiary/aromatic N) is 9. The Kier molecular flexibility index (Phi) is 14.7. The lowest BCUT2D eigenvalue weighted by atomic mass is 10.2. The van der Waals surface area contributed by atoms with Gasteiger partial charge >= 0.3 is 12.4 Å². The van der Waals surface area contributed by atoms with Crippen molar-refractivity contribution in [2.45, 2.75) is 51.1 Å². The number of nitrogens with one attached hydrogen (secondary N) is 1. The van der Waals surface area contributed by atoms with Crippen molar-refractivity contribution in [1.82, 2.24) is 39.5 Å². The maximum atomic E-state index is 13.7. The third kappa shape index (κ3) is 12.4. The number of rotatable bonds is 11. The molecule has 0 fully saturated rings. The summed E-state index contributed by atoms with van der Waals surface area (Å²) in [5, 5.41) is 29.9. The molecule has 0 atom stereocenters. The summed E-state index contributed by atoms with van der Waals surface area (Å²) in [6, 6.07) is 11.9. The number of methoxy groups -OCH3 is 1. The van der Waals surface area contributed by atoms with Crippen molar-refractivity contribution < 1.29 is 58.1 Å². The summed E-state index contributed by atoms with van der Waals surface area (Å²) in [6.45, 7) is -0.150. The number of benzene rings is 2. The van der Waals surface area contributed by atoms with Crippen molar-refractivity contribution in [2.24, 2.45) is 0 Å². The van der Waals surface area contributed by atoms with Crippen LogP contribution in [-0.4, -0.2) is 46.6 Å². The average Bonchev–Trinajstić information content (AvgIpc) is 3.22. The molecule has 67 heavy (non-hydrogen) atoms. The largest absolute Gasteiger partial charge is 0.480 e. The van der Waals surface area contributed by atoms with Gasteiger partial charge in [0.05, 0.1) is 56.1 Å². The molecule has 0 spiro atoms. The first-order valence-electron chi connectivity index (χ1n) is 18.0. The van der Waals surface area contributed by atoms with Gasteiger partial charge in [0.2, 0.25) is 17.4 Å². The molecule has 0 aliphatic carbocycles. The van der Waals surface area contributed by atoms with Gasteiger partial charge < -0.3 is 14.2 Å². The monoisotopic (exact) mass is 988 g/mol. The van der Waals surface area contributed by atoms with Gasteiger partial charge in [-0.2, -0.15) is 59.5 Å². The highest BCUT2D eigenvalue weighted by Crippen LogP contribution is 2.37. The zero-order chi connectivity index (χ0) is 49.8. The average molecular weight is 990 g/mol. The Balaban J connectivity index is 0.000000251. The topological polar surface area (TPSA) is 217 Å². The van der Waals surface area contributed by atoms with E-state index in [4.69, 9.17) is 47.9 Å². The number of nitriles is 2. The number of aromatic amines is 1. The van der Waals surface area contributed by atoms with E-state index in [-0.39, 0.29) is 49.7 Å². The standard InChI is InChI=1S/C20H13ClF5N5O3.C19H11ClF5N5O3/c1-19(22,23)14-5-11(17(33-2)30-29-14)8-31-9-28-16(20(24,25)26)15(18(31)32)34-13-4-10(7-27)3-12(21)6-13;1-18(21,22)13-4-10(16(31)29-28-13)7-30-8-27-15(19(23,24)25)14(17(30)32)33-12-3-9(6-26)2-11(20)5-12/h3-6,9H,8H2,1-2H3;2-5,8H,7H2,1H3,(H,29,31). The molecule has 4 heterocycles. The summed E-state index contributed by atoms with van der Waals surface area (Å²) in [4.78, 5) is 44.2. The third-order valence-corrected chi connectivity index (χ3v) is 8.90. The molecule has 1 N–H and O–H groups in total. The minimum absolute atomic E-state index is 0.0209. The van der Waals surface area contributed by atoms with E-state index >= 15 is 0 Å². The van der Waals surface area contributed by atoms with Gasteiger partial charge in [0.25, 0.3) is 28.5 Å². The quantitative estimate of drug-likeness (QED) is 0.121. The highest BCUT2D eigenvalue weighted by Gasteiger charge is 2.40. The van der Waals surface area contributed by atoms with Crippen LogP contribution < -0.4 is 30.9 Å². The fraction of sp³-hybridized carbons (Fsp3) is 0.231. The zero-order valence-corrected chi connectivity index (χ0v) is 35.2. The second-order valence-corrected chi connectivity index (χ2v) is 14.5. The molecule has 6 aromatic rings. The molecule has 0 unspecified atom stereocenters. The smallest absolute Gasteiger partial charge is 0.437 e. The molecule has 0 aliphatic heterocycles. The molecule has 2 aromatic carbocycles. The molecule has 0 amide bonds. The van der Waals surface area contributed by atoms with Gasteiger partial charge in [0, 0.05) is 35.0 Å². The number of hydrogen-bond acceptors (Lipinski definition) is 13. The Morgan fingerprint density at radius 2 is 1.07 bits per heavy atom. The van der Waals surface area contributed by atoms with Gasteiger partial charge in [-0.3, -0.25) is 23.5 Å². The van der Waals surface area contributed by atoms with Crippen LogP contribution in [0.2, 0.25) is 10.0 Å². The maximum Gasteiger partial charge on any atom is 0.437 e. The molecule has 16 nitrogen and oxygen atoms in total. The molecule has 0 saturated carbocycles. The molecule has 0 bridgehead atoms. The maximum absolute atomic E-state index is 13.7. The highest BCUT2D eigenvalue weighted by molar-refractivity contribution is 6.31. The van der Waals surface area contributed by atoms with Crippen molar-refractivity contribution in [3.63, 3.8) is 0 Å². The third-order valence-electron chi connectivity index (χ3n) is 8.46. The number of halogens is 12. The van der Waals surface area contributed by atoms with E-state index in [2.05, 4.69) is 25.3 Å². The van der Waals surface area contributed by atoms with Gasteiger partial charge in [0.1, 0.15) is 22.9 Å². The molecule has 350 valence electrons. The number of H-pyrrole nitrogens is 1. The summed E-state index contributed by atoms with van der Waals surface area (Å²) in [6.07, 6.45) is -9.09. The fourth-order valence-corrected chi connectivity index (χ4v) is 5.89. The van der Waals surface area contributed by atoms with Gasteiger partial charge in [-0.25, -0.2) is 15.1 Å². The molecular weight excluding hydrogens is 965 g/mol. The summed E-state index contributed by atoms with van der Waals surface area (Å²) >= 11 is 11.7. The Bertz CT molecular complexity index is 3120. The van der Waals surface area contributed by atoms with Crippen LogP contribution in [0.4, 0.5) is 43.9 Å². The summed E-state index contributed by atoms with van der Waals surface area (Å²) in [5.41, 5.74) is -8.98. The van der Waals surface area contributed by atoms with Crippen molar-refractivity contribution in [2.75, 3.05) is 7.11 Å². The van der Waals surface area contributed by atoms with E-state index in [0.29, 0.717) is 35.6 Å². The van der Waals surface area contributed by atoms with E-state index in [0.717, 1.165) is 36.4 Å². The van der Waals surface area contributed by atoms with Gasteiger partial charge in [-0.1, -0.05) is 23.2 Å². The van der Waals surface area contributed by atoms with Crippen molar-refractivity contribution in [3.8, 4) is 41.0 Å². The first-order valence-corrected chi connectivity index (χ1v) is 18.7. The molecule has 0 saturated heterocycles. The second kappa shape index (κ2) is 19.5. The van der Waals surface area contributed by atoms with Crippen LogP contribution in [0.15, 0.2) is 75.6 Å². The number of ether oxygens (including phenoxy) is 3. The van der Waals surface area contributed by atoms with E-state index in [1.807, 2.05) is 5.10 Å². The van der Waals surface area contributed by atoms with E-state index in [1.54, 1.807) is 12.1 Å². The first kappa shape index (κ1) is 50.4. The molecular formula is C39H24Cl2F10N10O6. The summed E-state index contributed by atoms with van der Waals surface area (Å²) in [7, 11) is 1.17.